The van der Waals surface area contributed by atoms with Gasteiger partial charge in [0.25, 0.3) is 0 Å². The first-order valence-corrected chi connectivity index (χ1v) is 8.36. The summed E-state index contributed by atoms with van der Waals surface area (Å²) in [5.74, 6) is -1.13. The zero-order chi connectivity index (χ0) is 17.6. The Morgan fingerprint density at radius 3 is 2.48 bits per heavy atom. The van der Waals surface area contributed by atoms with Crippen LogP contribution in [-0.2, 0) is 6.18 Å². The standard InChI is InChI=1S/C18H24F4N2.ClH/c1-2-3-4-5-9-16(24-12-10-23-11-13-24)14-7-6-8-15(17(14)19)18(20,21)22;/h2,6-8,16,23H,1,3-5,9-13H2;1H/t16-;/m0./s1. The van der Waals surface area contributed by atoms with Crippen molar-refractivity contribution in [2.45, 2.75) is 37.9 Å². The van der Waals surface area contributed by atoms with Crippen LogP contribution in [0.1, 0.15) is 42.9 Å². The number of nitrogens with zero attached hydrogens (tertiary/aromatic N) is 1. The lowest BCUT2D eigenvalue weighted by molar-refractivity contribution is -0.140. The minimum Gasteiger partial charge on any atom is -0.314 e. The fourth-order valence-electron chi connectivity index (χ4n) is 3.18. The van der Waals surface area contributed by atoms with Gasteiger partial charge in [0, 0.05) is 37.8 Å². The molecule has 1 aliphatic rings. The van der Waals surface area contributed by atoms with E-state index >= 15 is 0 Å². The van der Waals surface area contributed by atoms with E-state index in [-0.39, 0.29) is 24.0 Å². The summed E-state index contributed by atoms with van der Waals surface area (Å²) in [6.07, 6.45) is 0.399. The van der Waals surface area contributed by atoms with Crippen LogP contribution in [0, 0.1) is 5.82 Å². The Hall–Kier alpha value is -1.11. The Kier molecular flexibility index (Phi) is 8.89. The van der Waals surface area contributed by atoms with E-state index in [9.17, 15) is 17.6 Å². The molecule has 0 bridgehead atoms. The van der Waals surface area contributed by atoms with E-state index in [4.69, 9.17) is 0 Å². The maximum Gasteiger partial charge on any atom is 0.419 e. The number of nitrogens with one attached hydrogen (secondary N) is 1. The quantitative estimate of drug-likeness (QED) is 0.408. The molecule has 7 heteroatoms. The smallest absolute Gasteiger partial charge is 0.314 e. The van der Waals surface area contributed by atoms with E-state index in [0.717, 1.165) is 38.4 Å². The van der Waals surface area contributed by atoms with Gasteiger partial charge in [0.2, 0.25) is 0 Å². The van der Waals surface area contributed by atoms with E-state index in [2.05, 4.69) is 16.8 Å². The Labute approximate surface area is 152 Å². The molecule has 0 spiro atoms. The van der Waals surface area contributed by atoms with Crippen LogP contribution in [0.15, 0.2) is 30.9 Å². The fraction of sp³-hybridized carbons (Fsp3) is 0.556. The number of benzene rings is 1. The van der Waals surface area contributed by atoms with Crippen molar-refractivity contribution in [2.24, 2.45) is 0 Å². The number of unbranched alkanes of at least 4 members (excludes halogenated alkanes) is 2. The molecule has 1 aromatic rings. The van der Waals surface area contributed by atoms with Crippen LogP contribution >= 0.6 is 12.4 Å². The van der Waals surface area contributed by atoms with E-state index in [1.165, 1.54) is 12.1 Å². The summed E-state index contributed by atoms with van der Waals surface area (Å²) in [5.41, 5.74) is -1.02. The van der Waals surface area contributed by atoms with Gasteiger partial charge in [-0.3, -0.25) is 4.90 Å². The maximum absolute atomic E-state index is 14.6. The third kappa shape index (κ3) is 5.97. The topological polar surface area (TPSA) is 15.3 Å². The molecular formula is C18H25ClF4N2. The lowest BCUT2D eigenvalue weighted by Gasteiger charge is -2.35. The Morgan fingerprint density at radius 2 is 1.88 bits per heavy atom. The van der Waals surface area contributed by atoms with Crippen LogP contribution in [0.4, 0.5) is 17.6 Å². The highest BCUT2D eigenvalue weighted by Gasteiger charge is 2.36. The predicted molar refractivity (Wildman–Crippen MR) is 94.5 cm³/mol. The molecule has 1 saturated heterocycles. The molecule has 0 saturated carbocycles. The van der Waals surface area contributed by atoms with Crippen LogP contribution in [0.25, 0.3) is 0 Å². The molecule has 2 nitrogen and oxygen atoms in total. The summed E-state index contributed by atoms with van der Waals surface area (Å²) >= 11 is 0. The first-order valence-electron chi connectivity index (χ1n) is 8.36. The normalized spacial score (nSPS) is 17.0. The van der Waals surface area contributed by atoms with Crippen molar-refractivity contribution >= 4 is 12.4 Å². The number of halogens is 5. The summed E-state index contributed by atoms with van der Waals surface area (Å²) in [6, 6.07) is 3.29. The summed E-state index contributed by atoms with van der Waals surface area (Å²) in [6.45, 7) is 6.63. The number of allylic oxidation sites excluding steroid dienone is 1. The van der Waals surface area contributed by atoms with Crippen LogP contribution < -0.4 is 5.32 Å². The average molecular weight is 381 g/mol. The highest BCUT2D eigenvalue weighted by molar-refractivity contribution is 5.85. The van der Waals surface area contributed by atoms with E-state index in [0.29, 0.717) is 19.5 Å². The second kappa shape index (κ2) is 10.1. The molecule has 0 aromatic heterocycles. The molecule has 0 amide bonds. The summed E-state index contributed by atoms with van der Waals surface area (Å²) in [5, 5.41) is 3.22. The molecule has 1 N–H and O–H groups in total. The van der Waals surface area contributed by atoms with Crippen molar-refractivity contribution in [3.8, 4) is 0 Å². The van der Waals surface area contributed by atoms with Crippen LogP contribution in [0.5, 0.6) is 0 Å². The average Bonchev–Trinajstić information content (AvgIpc) is 2.55. The zero-order valence-electron chi connectivity index (χ0n) is 14.1. The summed E-state index contributed by atoms with van der Waals surface area (Å²) in [4.78, 5) is 2.09. The van der Waals surface area contributed by atoms with Crippen molar-refractivity contribution in [1.82, 2.24) is 10.2 Å². The van der Waals surface area contributed by atoms with Gasteiger partial charge in [0.15, 0.2) is 0 Å². The van der Waals surface area contributed by atoms with Gasteiger partial charge in [-0.25, -0.2) is 4.39 Å². The molecule has 0 radical (unpaired) electrons. The minimum atomic E-state index is -4.67. The second-order valence-corrected chi connectivity index (χ2v) is 6.08. The molecule has 1 fully saturated rings. The number of rotatable bonds is 7. The number of hydrogen-bond acceptors (Lipinski definition) is 2. The summed E-state index contributed by atoms with van der Waals surface area (Å²) < 4.78 is 53.6. The second-order valence-electron chi connectivity index (χ2n) is 6.08. The molecule has 0 aliphatic carbocycles. The van der Waals surface area contributed by atoms with Crippen molar-refractivity contribution in [3.05, 3.63) is 47.8 Å². The molecule has 0 unspecified atom stereocenters. The van der Waals surface area contributed by atoms with Crippen LogP contribution in [0.2, 0.25) is 0 Å². The Morgan fingerprint density at radius 1 is 1.20 bits per heavy atom. The van der Waals surface area contributed by atoms with Gasteiger partial charge in [-0.2, -0.15) is 13.2 Å². The van der Waals surface area contributed by atoms with Crippen molar-refractivity contribution < 1.29 is 17.6 Å². The molecule has 1 heterocycles. The molecule has 1 aliphatic heterocycles. The van der Waals surface area contributed by atoms with E-state index < -0.39 is 17.6 Å². The highest BCUT2D eigenvalue weighted by Crippen LogP contribution is 2.36. The Balaban J connectivity index is 0.00000312. The molecule has 142 valence electrons. The molecular weight excluding hydrogens is 356 g/mol. The van der Waals surface area contributed by atoms with Gasteiger partial charge < -0.3 is 5.32 Å². The lowest BCUT2D eigenvalue weighted by Crippen LogP contribution is -2.45. The minimum absolute atomic E-state index is 0. The van der Waals surface area contributed by atoms with E-state index in [1.807, 2.05) is 6.08 Å². The number of alkyl halides is 3. The van der Waals surface area contributed by atoms with Gasteiger partial charge in [-0.05, 0) is 25.3 Å². The largest absolute Gasteiger partial charge is 0.419 e. The maximum atomic E-state index is 14.6. The third-order valence-electron chi connectivity index (χ3n) is 4.42. The lowest BCUT2D eigenvalue weighted by atomic mass is 9.95. The van der Waals surface area contributed by atoms with Gasteiger partial charge in [-0.1, -0.05) is 24.6 Å². The first-order chi connectivity index (χ1) is 11.4. The molecule has 2 rings (SSSR count). The van der Waals surface area contributed by atoms with E-state index in [1.54, 1.807) is 0 Å². The Bertz CT molecular complexity index is 542. The van der Waals surface area contributed by atoms with Crippen LogP contribution in [0.3, 0.4) is 0 Å². The fourth-order valence-corrected chi connectivity index (χ4v) is 3.18. The van der Waals surface area contributed by atoms with Crippen molar-refractivity contribution in [1.29, 1.82) is 0 Å². The van der Waals surface area contributed by atoms with Gasteiger partial charge in [-0.15, -0.1) is 19.0 Å². The highest BCUT2D eigenvalue weighted by atomic mass is 35.5. The molecule has 25 heavy (non-hydrogen) atoms. The predicted octanol–water partition coefficient (Wildman–Crippen LogP) is 4.96. The SMILES string of the molecule is C=CCCCC[C@@H](c1cccc(C(F)(F)F)c1F)N1CCNCC1.Cl. The monoisotopic (exact) mass is 380 g/mol. The van der Waals surface area contributed by atoms with Gasteiger partial charge >= 0.3 is 6.18 Å². The summed E-state index contributed by atoms with van der Waals surface area (Å²) in [7, 11) is 0. The molecule has 1 atom stereocenters. The first kappa shape index (κ1) is 21.9. The third-order valence-corrected chi connectivity index (χ3v) is 4.42. The van der Waals surface area contributed by atoms with Crippen LogP contribution in [-0.4, -0.2) is 31.1 Å². The number of hydrogen-bond donors (Lipinski definition) is 1. The van der Waals surface area contributed by atoms with Crippen molar-refractivity contribution in [3.63, 3.8) is 0 Å². The number of piperazine rings is 1. The van der Waals surface area contributed by atoms with Gasteiger partial charge in [0.05, 0.1) is 5.56 Å². The zero-order valence-corrected chi connectivity index (χ0v) is 14.9. The molecule has 1 aromatic carbocycles. The van der Waals surface area contributed by atoms with Crippen molar-refractivity contribution in [2.75, 3.05) is 26.2 Å². The van der Waals surface area contributed by atoms with Gasteiger partial charge in [0.1, 0.15) is 5.82 Å².